The highest BCUT2D eigenvalue weighted by molar-refractivity contribution is 6.05. The van der Waals surface area contributed by atoms with Crippen LogP contribution in [0.5, 0.6) is 0 Å². The van der Waals surface area contributed by atoms with Crippen LogP contribution in [0.2, 0.25) is 0 Å². The fourth-order valence-electron chi connectivity index (χ4n) is 8.98. The molecule has 0 saturated heterocycles. The first-order valence-corrected chi connectivity index (χ1v) is 20.0. The number of rotatable bonds is 4. The van der Waals surface area contributed by atoms with Crippen LogP contribution in [0.3, 0.4) is 0 Å². The summed E-state index contributed by atoms with van der Waals surface area (Å²) in [5.41, 5.74) is 16.2. The van der Waals surface area contributed by atoms with Gasteiger partial charge in [-0.3, -0.25) is 0 Å². The molecule has 0 radical (unpaired) electrons. The van der Waals surface area contributed by atoms with Gasteiger partial charge in [-0.05, 0) is 87.9 Å². The van der Waals surface area contributed by atoms with Crippen LogP contribution < -0.4 is 9.80 Å². The Morgan fingerprint density at radius 3 is 1.47 bits per heavy atom. The maximum absolute atomic E-state index is 9.23. The molecule has 0 amide bonds. The molecule has 0 N–H and O–H groups in total. The quantitative estimate of drug-likeness (QED) is 0.178. The minimum Gasteiger partial charge on any atom is -0.309 e. The zero-order valence-electron chi connectivity index (χ0n) is 37.2. The van der Waals surface area contributed by atoms with Crippen molar-refractivity contribution in [1.82, 2.24) is 9.97 Å². The smallest absolute Gasteiger partial charge is 0.159 e. The molecule has 280 valence electrons. The molecule has 0 fully saturated rings. The van der Waals surface area contributed by atoms with E-state index >= 15 is 0 Å². The van der Waals surface area contributed by atoms with Crippen molar-refractivity contribution in [1.29, 1.82) is 0 Å². The Kier molecular flexibility index (Phi) is 6.71. The third-order valence-corrected chi connectivity index (χ3v) is 11.7. The van der Waals surface area contributed by atoms with Crippen LogP contribution in [0, 0.1) is 0 Å². The first-order chi connectivity index (χ1) is 31.8. The van der Waals surface area contributed by atoms with Gasteiger partial charge in [0, 0.05) is 50.8 Å². The summed E-state index contributed by atoms with van der Waals surface area (Å²) >= 11 is 0. The Hall–Kier alpha value is -8.08. The highest BCUT2D eigenvalue weighted by Crippen LogP contribution is 2.54. The third kappa shape index (κ3) is 5.46. The lowest BCUT2D eigenvalue weighted by Gasteiger charge is -2.29. The van der Waals surface area contributed by atoms with E-state index in [-0.39, 0.29) is 29.9 Å². The molecule has 12 rings (SSSR count). The van der Waals surface area contributed by atoms with Gasteiger partial charge >= 0.3 is 0 Å². The number of nitrogens with zero attached hydrogens (tertiary/aromatic N) is 4. The predicted molar refractivity (Wildman–Crippen MR) is 249 cm³/mol. The van der Waals surface area contributed by atoms with Crippen molar-refractivity contribution in [3.63, 3.8) is 0 Å². The fraction of sp³-hybridized carbons (Fsp3) is 0. The van der Waals surface area contributed by atoms with Gasteiger partial charge in [0.15, 0.2) is 5.82 Å². The minimum atomic E-state index is -0.433. The van der Waals surface area contributed by atoms with Crippen molar-refractivity contribution in [2.45, 2.75) is 0 Å². The van der Waals surface area contributed by atoms with E-state index in [1.54, 1.807) is 0 Å². The number of hydrogen-bond donors (Lipinski definition) is 0. The maximum atomic E-state index is 9.23. The molecule has 0 saturated carbocycles. The molecule has 0 aliphatic carbocycles. The van der Waals surface area contributed by atoms with Crippen molar-refractivity contribution < 1.29 is 6.85 Å². The summed E-state index contributed by atoms with van der Waals surface area (Å²) in [6.45, 7) is 0. The number of benzene rings is 9. The van der Waals surface area contributed by atoms with Gasteiger partial charge in [0.2, 0.25) is 0 Å². The molecule has 4 nitrogen and oxygen atoms in total. The normalized spacial score (nSPS) is 13.4. The van der Waals surface area contributed by atoms with Crippen molar-refractivity contribution >= 4 is 45.0 Å². The Balaban J connectivity index is 1.09. The number of anilines is 6. The van der Waals surface area contributed by atoms with E-state index < -0.39 is 6.04 Å². The van der Waals surface area contributed by atoms with Crippen molar-refractivity contribution in [3.8, 4) is 67.0 Å². The summed E-state index contributed by atoms with van der Waals surface area (Å²) in [4.78, 5) is 13.9. The van der Waals surface area contributed by atoms with Crippen LogP contribution >= 0.6 is 0 Å². The molecule has 3 heterocycles. The molecular formula is C56H36N4. The van der Waals surface area contributed by atoms with Crippen LogP contribution in [0.15, 0.2) is 218 Å². The van der Waals surface area contributed by atoms with Crippen molar-refractivity contribution in [2.75, 3.05) is 9.80 Å². The molecule has 60 heavy (non-hydrogen) atoms. The highest BCUT2D eigenvalue weighted by Gasteiger charge is 2.29. The Morgan fingerprint density at radius 1 is 0.367 bits per heavy atom. The van der Waals surface area contributed by atoms with Crippen LogP contribution in [-0.4, -0.2) is 9.97 Å². The van der Waals surface area contributed by atoms with Gasteiger partial charge in [0.1, 0.15) is 0 Å². The largest absolute Gasteiger partial charge is 0.309 e. The Bertz CT molecular complexity index is 3580. The fourth-order valence-corrected chi connectivity index (χ4v) is 8.98. The van der Waals surface area contributed by atoms with Gasteiger partial charge in [-0.25, -0.2) is 9.97 Å². The van der Waals surface area contributed by atoms with Crippen molar-refractivity contribution in [3.05, 3.63) is 218 Å². The van der Waals surface area contributed by atoms with Gasteiger partial charge in [-0.1, -0.05) is 158 Å². The zero-order chi connectivity index (χ0) is 43.9. The summed E-state index contributed by atoms with van der Waals surface area (Å²) in [6, 6.07) is 60.7. The van der Waals surface area contributed by atoms with Gasteiger partial charge in [-0.2, -0.15) is 0 Å². The lowest BCUT2D eigenvalue weighted by Crippen LogP contribution is -2.11. The standard InChI is InChI=1S/C56H36N4/c1-2-17-41(18-3-1)59-52-27-12-9-24-47(52)43-20-5-7-22-45(43)49-31-29-37(34-54(49)59)38-30-32-50-46-23-8-6-21-44(46)48-25-10-13-28-53(48)60(55(50)35-38)42-19-14-16-39(33-42)56-57-36-40-15-4-11-26-51(40)58-56/h1-36H/i1D,2D,3D,17D,18D. The number of para-hydroxylation sites is 4. The van der Waals surface area contributed by atoms with Crippen LogP contribution in [0.4, 0.5) is 34.1 Å². The molecule has 4 heteroatoms. The third-order valence-electron chi connectivity index (χ3n) is 11.7. The van der Waals surface area contributed by atoms with Gasteiger partial charge < -0.3 is 9.80 Å². The Labute approximate surface area is 356 Å². The van der Waals surface area contributed by atoms with E-state index in [1.807, 2.05) is 71.8 Å². The average molecular weight is 770 g/mol. The molecule has 10 aromatic rings. The van der Waals surface area contributed by atoms with E-state index in [4.69, 9.17) is 14.1 Å². The van der Waals surface area contributed by atoms with Crippen LogP contribution in [-0.2, 0) is 0 Å². The SMILES string of the molecule is [2H]c1c([2H])c([2H])c(N2c3ccccc3-c3ccccc3-c3ccc(-c4ccc5c(c4)N(c4cccc(-c6ncc7ccccc7n6)c4)c4ccccc4-c4ccccc4-5)cc32)c([2H])c1[2H]. The van der Waals surface area contributed by atoms with Gasteiger partial charge in [0.25, 0.3) is 0 Å². The molecule has 1 aromatic heterocycles. The van der Waals surface area contributed by atoms with Crippen LogP contribution in [0.25, 0.3) is 77.9 Å². The molecule has 2 aliphatic heterocycles. The Morgan fingerprint density at radius 2 is 0.867 bits per heavy atom. The van der Waals surface area contributed by atoms with Gasteiger partial charge in [0.05, 0.1) is 35.1 Å². The topological polar surface area (TPSA) is 32.3 Å². The monoisotopic (exact) mass is 769 g/mol. The average Bonchev–Trinajstić information content (AvgIpc) is 3.56. The summed E-state index contributed by atoms with van der Waals surface area (Å²) in [5, 5.41) is 0.982. The molecule has 0 bridgehead atoms. The van der Waals surface area contributed by atoms with E-state index in [0.29, 0.717) is 17.2 Å². The second kappa shape index (κ2) is 13.8. The zero-order valence-corrected chi connectivity index (χ0v) is 32.2. The highest BCUT2D eigenvalue weighted by atomic mass is 15.2. The maximum Gasteiger partial charge on any atom is 0.159 e. The molecular weight excluding hydrogens is 729 g/mol. The molecule has 9 aromatic carbocycles. The molecule has 0 atom stereocenters. The van der Waals surface area contributed by atoms with Gasteiger partial charge in [-0.15, -0.1) is 0 Å². The summed E-state index contributed by atoms with van der Waals surface area (Å²) in [7, 11) is 0. The number of aromatic nitrogens is 2. The molecule has 0 spiro atoms. The van der Waals surface area contributed by atoms with E-state index in [2.05, 4.69) is 126 Å². The number of fused-ring (bicyclic) bond motifs is 11. The summed E-state index contributed by atoms with van der Waals surface area (Å²) < 4.78 is 44.4. The first-order valence-electron chi connectivity index (χ1n) is 22.5. The lowest BCUT2D eigenvalue weighted by molar-refractivity contribution is 1.22. The second-order valence-corrected chi connectivity index (χ2v) is 15.0. The summed E-state index contributed by atoms with van der Waals surface area (Å²) in [6.07, 6.45) is 1.88. The minimum absolute atomic E-state index is 0.0891. The second-order valence-electron chi connectivity index (χ2n) is 15.0. The molecule has 2 aliphatic rings. The van der Waals surface area contributed by atoms with E-state index in [9.17, 15) is 2.74 Å². The lowest BCUT2D eigenvalue weighted by atomic mass is 9.91. The van der Waals surface area contributed by atoms with E-state index in [0.717, 1.165) is 89.2 Å². The first kappa shape index (κ1) is 29.2. The van der Waals surface area contributed by atoms with E-state index in [1.165, 1.54) is 0 Å². The van der Waals surface area contributed by atoms with Crippen molar-refractivity contribution in [2.24, 2.45) is 0 Å². The molecule has 0 unspecified atom stereocenters. The van der Waals surface area contributed by atoms with Crippen LogP contribution in [0.1, 0.15) is 6.85 Å². The predicted octanol–water partition coefficient (Wildman–Crippen LogP) is 15.2. The number of hydrogen-bond acceptors (Lipinski definition) is 4. The summed E-state index contributed by atoms with van der Waals surface area (Å²) in [5.74, 6) is 0.641.